The molecule has 0 heterocycles. The summed E-state index contributed by atoms with van der Waals surface area (Å²) in [6.07, 6.45) is -0.218. The Hall–Kier alpha value is -1.72. The maximum Gasteiger partial charge on any atom is 0.313 e. The van der Waals surface area contributed by atoms with Crippen LogP contribution in [-0.2, 0) is 28.7 Å². The highest BCUT2D eigenvalue weighted by Crippen LogP contribution is 1.86. The molecule has 6 heteroatoms. The molecule has 0 fully saturated rings. The second-order valence-corrected chi connectivity index (χ2v) is 3.14. The van der Waals surface area contributed by atoms with E-state index < -0.39 is 11.9 Å². The topological polar surface area (TPSA) is 86.7 Å². The van der Waals surface area contributed by atoms with E-state index in [0.717, 1.165) is 0 Å². The van der Waals surface area contributed by atoms with Gasteiger partial charge in [-0.15, -0.1) is 0 Å². The average molecular weight is 246 g/mol. The fourth-order valence-electron chi connectivity index (χ4n) is 0.691. The number of esters is 2. The summed E-state index contributed by atoms with van der Waals surface area (Å²) in [5.41, 5.74) is 0. The van der Waals surface area contributed by atoms with Gasteiger partial charge in [-0.1, -0.05) is 0 Å². The number of rotatable bonds is 5. The highest BCUT2D eigenvalue weighted by Gasteiger charge is 2.03. The van der Waals surface area contributed by atoms with E-state index in [1.165, 1.54) is 21.0 Å². The molecule has 0 aromatic rings. The second-order valence-electron chi connectivity index (χ2n) is 3.14. The SMILES string of the molecule is CCOC(=O)CC(C)=O.COC(=O)CC(C)=O. The van der Waals surface area contributed by atoms with Gasteiger partial charge in [0.2, 0.25) is 0 Å². The molecule has 0 atom stereocenters. The summed E-state index contributed by atoms with van der Waals surface area (Å²) in [6.45, 7) is 4.75. The molecule has 0 rings (SSSR count). The summed E-state index contributed by atoms with van der Waals surface area (Å²) in [5.74, 6) is -1.24. The molecule has 0 bridgehead atoms. The van der Waals surface area contributed by atoms with Crippen LogP contribution in [0.1, 0.15) is 33.6 Å². The van der Waals surface area contributed by atoms with Crippen molar-refractivity contribution in [2.75, 3.05) is 13.7 Å². The Morgan fingerprint density at radius 2 is 1.29 bits per heavy atom. The Labute approximate surface area is 100 Å². The minimum absolute atomic E-state index is 0.103. The van der Waals surface area contributed by atoms with Crippen LogP contribution in [0.5, 0.6) is 0 Å². The fraction of sp³-hybridized carbons (Fsp3) is 0.636. The normalized spacial score (nSPS) is 8.47. The zero-order chi connectivity index (χ0) is 13.8. The van der Waals surface area contributed by atoms with Crippen molar-refractivity contribution >= 4 is 23.5 Å². The summed E-state index contributed by atoms with van der Waals surface area (Å²) in [6, 6.07) is 0. The van der Waals surface area contributed by atoms with Crippen molar-refractivity contribution < 1.29 is 28.7 Å². The fourth-order valence-corrected chi connectivity index (χ4v) is 0.691. The molecule has 0 aliphatic rings. The molecule has 0 aliphatic heterocycles. The summed E-state index contributed by atoms with van der Waals surface area (Å²) in [7, 11) is 1.26. The van der Waals surface area contributed by atoms with Crippen molar-refractivity contribution in [3.8, 4) is 0 Å². The summed E-state index contributed by atoms with van der Waals surface area (Å²) in [5, 5.41) is 0. The largest absolute Gasteiger partial charge is 0.469 e. The van der Waals surface area contributed by atoms with Gasteiger partial charge in [0.25, 0.3) is 0 Å². The lowest BCUT2D eigenvalue weighted by atomic mass is 10.3. The number of hydrogen-bond donors (Lipinski definition) is 0. The summed E-state index contributed by atoms with van der Waals surface area (Å²) in [4.78, 5) is 40.9. The third kappa shape index (κ3) is 16.9. The van der Waals surface area contributed by atoms with Crippen LogP contribution in [0.15, 0.2) is 0 Å². The first kappa shape index (κ1) is 17.7. The molecule has 6 nitrogen and oxygen atoms in total. The van der Waals surface area contributed by atoms with Gasteiger partial charge in [0.1, 0.15) is 24.4 Å². The summed E-state index contributed by atoms with van der Waals surface area (Å²) >= 11 is 0. The summed E-state index contributed by atoms with van der Waals surface area (Å²) < 4.78 is 8.69. The number of Topliss-reactive ketones (excluding diaryl/α,β-unsaturated/α-hetero) is 2. The molecule has 17 heavy (non-hydrogen) atoms. The van der Waals surface area contributed by atoms with Gasteiger partial charge in [-0.2, -0.15) is 0 Å². The number of hydrogen-bond acceptors (Lipinski definition) is 6. The van der Waals surface area contributed by atoms with E-state index >= 15 is 0 Å². The van der Waals surface area contributed by atoms with Crippen LogP contribution in [-0.4, -0.2) is 37.2 Å². The molecule has 0 saturated heterocycles. The number of carbonyl (C=O) groups is 4. The van der Waals surface area contributed by atoms with Crippen molar-refractivity contribution in [2.45, 2.75) is 33.6 Å². The van der Waals surface area contributed by atoms with Crippen LogP contribution in [0.25, 0.3) is 0 Å². The van der Waals surface area contributed by atoms with Gasteiger partial charge in [-0.25, -0.2) is 0 Å². The van der Waals surface area contributed by atoms with Crippen LogP contribution in [0.4, 0.5) is 0 Å². The molecule has 0 aromatic heterocycles. The van der Waals surface area contributed by atoms with E-state index in [-0.39, 0.29) is 24.4 Å². The number of ketones is 2. The Kier molecular flexibility index (Phi) is 11.2. The Balaban J connectivity index is 0. The van der Waals surface area contributed by atoms with Gasteiger partial charge < -0.3 is 9.47 Å². The van der Waals surface area contributed by atoms with E-state index in [1.807, 2.05) is 0 Å². The molecule has 0 spiro atoms. The standard InChI is InChI=1S/C6H10O3.C5H8O3/c1-3-9-6(8)4-5(2)7;1-4(6)3-5(7)8-2/h3-4H2,1-2H3;3H2,1-2H3. The van der Waals surface area contributed by atoms with Crippen LogP contribution in [0.3, 0.4) is 0 Å². The predicted molar refractivity (Wildman–Crippen MR) is 59.2 cm³/mol. The molecule has 0 saturated carbocycles. The molecule has 0 N–H and O–H groups in total. The first-order chi connectivity index (χ1) is 7.83. The van der Waals surface area contributed by atoms with Crippen molar-refractivity contribution in [3.05, 3.63) is 0 Å². The number of carbonyl (C=O) groups excluding carboxylic acids is 4. The van der Waals surface area contributed by atoms with Gasteiger partial charge in [0.05, 0.1) is 13.7 Å². The molecule has 0 radical (unpaired) electrons. The highest BCUT2D eigenvalue weighted by atomic mass is 16.5. The maximum absolute atomic E-state index is 10.4. The third-order valence-electron chi connectivity index (χ3n) is 1.32. The van der Waals surface area contributed by atoms with Gasteiger partial charge in [-0.05, 0) is 20.8 Å². The van der Waals surface area contributed by atoms with Gasteiger partial charge >= 0.3 is 11.9 Å². The Bertz CT molecular complexity index is 282. The first-order valence-corrected chi connectivity index (χ1v) is 5.04. The van der Waals surface area contributed by atoms with Gasteiger partial charge in [-0.3, -0.25) is 19.2 Å². The van der Waals surface area contributed by atoms with Crippen molar-refractivity contribution in [2.24, 2.45) is 0 Å². The Morgan fingerprint density at radius 3 is 1.53 bits per heavy atom. The van der Waals surface area contributed by atoms with Crippen molar-refractivity contribution in [3.63, 3.8) is 0 Å². The number of ether oxygens (including phenoxy) is 2. The van der Waals surface area contributed by atoms with Crippen LogP contribution >= 0.6 is 0 Å². The molecule has 0 amide bonds. The van der Waals surface area contributed by atoms with E-state index in [0.29, 0.717) is 6.61 Å². The molecule has 0 aromatic carbocycles. The Morgan fingerprint density at radius 1 is 0.882 bits per heavy atom. The van der Waals surface area contributed by atoms with Crippen molar-refractivity contribution in [1.82, 2.24) is 0 Å². The smallest absolute Gasteiger partial charge is 0.313 e. The molecule has 0 unspecified atom stereocenters. The molecular weight excluding hydrogens is 228 g/mol. The molecule has 0 aliphatic carbocycles. The predicted octanol–water partition coefficient (Wildman–Crippen LogP) is 0.667. The first-order valence-electron chi connectivity index (χ1n) is 5.04. The zero-order valence-electron chi connectivity index (χ0n) is 10.6. The van der Waals surface area contributed by atoms with Crippen LogP contribution in [0.2, 0.25) is 0 Å². The third-order valence-corrected chi connectivity index (χ3v) is 1.32. The number of methoxy groups -OCH3 is 1. The van der Waals surface area contributed by atoms with E-state index in [1.54, 1.807) is 6.92 Å². The van der Waals surface area contributed by atoms with E-state index in [2.05, 4.69) is 9.47 Å². The highest BCUT2D eigenvalue weighted by molar-refractivity contribution is 5.94. The average Bonchev–Trinajstić information content (AvgIpc) is 2.16. The maximum atomic E-state index is 10.4. The van der Waals surface area contributed by atoms with Crippen LogP contribution < -0.4 is 0 Å². The van der Waals surface area contributed by atoms with E-state index in [9.17, 15) is 19.2 Å². The van der Waals surface area contributed by atoms with Crippen LogP contribution in [0, 0.1) is 0 Å². The monoisotopic (exact) mass is 246 g/mol. The van der Waals surface area contributed by atoms with Gasteiger partial charge in [0.15, 0.2) is 0 Å². The quantitative estimate of drug-likeness (QED) is 0.523. The lowest BCUT2D eigenvalue weighted by Crippen LogP contribution is -2.07. The molecule has 98 valence electrons. The lowest BCUT2D eigenvalue weighted by molar-refractivity contribution is -0.145. The van der Waals surface area contributed by atoms with E-state index in [4.69, 9.17) is 0 Å². The van der Waals surface area contributed by atoms with Gasteiger partial charge in [0, 0.05) is 0 Å². The lowest BCUT2D eigenvalue weighted by Gasteiger charge is -1.96. The molecular formula is C11H18O6. The minimum Gasteiger partial charge on any atom is -0.469 e. The minimum atomic E-state index is -0.475. The second kappa shape index (κ2) is 10.8. The zero-order valence-corrected chi connectivity index (χ0v) is 10.6. The van der Waals surface area contributed by atoms with Crippen molar-refractivity contribution in [1.29, 1.82) is 0 Å².